The molecular weight excluding hydrogens is 225 g/mol. The van der Waals surface area contributed by atoms with Crippen LogP contribution in [-0.2, 0) is 0 Å². The minimum atomic E-state index is 0. The Kier molecular flexibility index (Phi) is 4.38. The third kappa shape index (κ3) is 2.97. The second-order valence-electron chi connectivity index (χ2n) is 2.90. The summed E-state index contributed by atoms with van der Waals surface area (Å²) >= 11 is 5.61. The van der Waals surface area contributed by atoms with E-state index in [0.717, 1.165) is 19.5 Å². The Bertz CT molecular complexity index is 292. The highest BCUT2D eigenvalue weighted by atomic mass is 35.5. The average Bonchev–Trinajstić information content (AvgIpc) is 2.57. The Hall–Kier alpha value is -0.580. The van der Waals surface area contributed by atoms with Gasteiger partial charge in [-0.2, -0.15) is 4.98 Å². The van der Waals surface area contributed by atoms with Crippen LogP contribution in [-0.4, -0.2) is 29.2 Å². The molecular formula is C8H11Cl2N3O. The van der Waals surface area contributed by atoms with Crippen LogP contribution in [0.2, 0.25) is 5.28 Å². The summed E-state index contributed by atoms with van der Waals surface area (Å²) in [6.07, 6.45) is 2.82. The summed E-state index contributed by atoms with van der Waals surface area (Å²) in [5.74, 6) is 0.550. The number of aromatic nitrogens is 2. The molecule has 1 aliphatic heterocycles. The molecule has 6 heteroatoms. The predicted octanol–water partition coefficient (Wildman–Crippen LogP) is 1.29. The predicted molar refractivity (Wildman–Crippen MR) is 56.2 cm³/mol. The third-order valence-corrected chi connectivity index (χ3v) is 2.09. The van der Waals surface area contributed by atoms with Crippen molar-refractivity contribution < 1.29 is 4.74 Å². The van der Waals surface area contributed by atoms with Crippen LogP contribution < -0.4 is 10.1 Å². The van der Waals surface area contributed by atoms with Crippen molar-refractivity contribution in [3.8, 4) is 5.88 Å². The lowest BCUT2D eigenvalue weighted by molar-refractivity contribution is 0.213. The number of nitrogens with one attached hydrogen (secondary N) is 1. The van der Waals surface area contributed by atoms with Gasteiger partial charge in [0.15, 0.2) is 0 Å². The van der Waals surface area contributed by atoms with Gasteiger partial charge in [-0.15, -0.1) is 12.4 Å². The maximum absolute atomic E-state index is 5.61. The van der Waals surface area contributed by atoms with E-state index in [-0.39, 0.29) is 23.8 Å². The first-order valence-electron chi connectivity index (χ1n) is 4.20. The lowest BCUT2D eigenvalue weighted by Gasteiger charge is -2.10. The number of hydrogen-bond donors (Lipinski definition) is 1. The normalized spacial score (nSPS) is 20.2. The first-order chi connectivity index (χ1) is 6.34. The fourth-order valence-electron chi connectivity index (χ4n) is 1.28. The number of rotatable bonds is 2. The highest BCUT2D eigenvalue weighted by Gasteiger charge is 2.16. The van der Waals surface area contributed by atoms with Crippen LogP contribution in [0.4, 0.5) is 0 Å². The topological polar surface area (TPSA) is 47.0 Å². The van der Waals surface area contributed by atoms with E-state index >= 15 is 0 Å². The molecule has 0 amide bonds. The van der Waals surface area contributed by atoms with Crippen molar-refractivity contribution in [2.45, 2.75) is 12.5 Å². The van der Waals surface area contributed by atoms with E-state index in [2.05, 4.69) is 15.3 Å². The summed E-state index contributed by atoms with van der Waals surface area (Å²) < 4.78 is 5.56. The highest BCUT2D eigenvalue weighted by molar-refractivity contribution is 6.28. The van der Waals surface area contributed by atoms with Gasteiger partial charge in [0, 0.05) is 18.8 Å². The average molecular weight is 236 g/mol. The third-order valence-electron chi connectivity index (χ3n) is 1.90. The van der Waals surface area contributed by atoms with Crippen LogP contribution in [0.25, 0.3) is 0 Å². The molecule has 0 aromatic carbocycles. The molecule has 2 rings (SSSR count). The standard InChI is InChI=1S/C8H10ClN3O.ClH/c9-8-11-4-2-7(12-8)13-6-1-3-10-5-6;/h2,4,6,10H,1,3,5H2;1H. The van der Waals surface area contributed by atoms with Crippen molar-refractivity contribution in [2.24, 2.45) is 0 Å². The van der Waals surface area contributed by atoms with Gasteiger partial charge >= 0.3 is 0 Å². The molecule has 0 spiro atoms. The molecule has 4 nitrogen and oxygen atoms in total. The second kappa shape index (κ2) is 5.34. The van der Waals surface area contributed by atoms with E-state index in [1.807, 2.05) is 0 Å². The molecule has 14 heavy (non-hydrogen) atoms. The second-order valence-corrected chi connectivity index (χ2v) is 3.23. The summed E-state index contributed by atoms with van der Waals surface area (Å²) in [5.41, 5.74) is 0. The zero-order valence-electron chi connectivity index (χ0n) is 7.44. The van der Waals surface area contributed by atoms with Gasteiger partial charge in [0.25, 0.3) is 0 Å². The van der Waals surface area contributed by atoms with Crippen LogP contribution >= 0.6 is 24.0 Å². The Labute approximate surface area is 93.4 Å². The van der Waals surface area contributed by atoms with Gasteiger partial charge in [0.2, 0.25) is 11.2 Å². The maximum Gasteiger partial charge on any atom is 0.225 e. The van der Waals surface area contributed by atoms with E-state index in [1.165, 1.54) is 0 Å². The number of hydrogen-bond acceptors (Lipinski definition) is 4. The molecule has 1 fully saturated rings. The summed E-state index contributed by atoms with van der Waals surface area (Å²) in [6, 6.07) is 1.71. The van der Waals surface area contributed by atoms with Crippen LogP contribution in [0.3, 0.4) is 0 Å². The van der Waals surface area contributed by atoms with Crippen LogP contribution in [0.15, 0.2) is 12.3 Å². The number of halogens is 2. The van der Waals surface area contributed by atoms with Crippen molar-refractivity contribution in [1.82, 2.24) is 15.3 Å². The molecule has 0 radical (unpaired) electrons. The first kappa shape index (κ1) is 11.5. The van der Waals surface area contributed by atoms with E-state index in [0.29, 0.717) is 5.88 Å². The van der Waals surface area contributed by atoms with E-state index < -0.39 is 0 Å². The molecule has 0 aliphatic carbocycles. The zero-order valence-corrected chi connectivity index (χ0v) is 9.01. The van der Waals surface area contributed by atoms with Gasteiger partial charge in [0.05, 0.1) is 0 Å². The number of ether oxygens (including phenoxy) is 1. The highest BCUT2D eigenvalue weighted by Crippen LogP contribution is 2.12. The molecule has 1 aliphatic rings. The minimum absolute atomic E-state index is 0. The smallest absolute Gasteiger partial charge is 0.225 e. The molecule has 1 N–H and O–H groups in total. The largest absolute Gasteiger partial charge is 0.473 e. The first-order valence-corrected chi connectivity index (χ1v) is 4.58. The maximum atomic E-state index is 5.61. The van der Waals surface area contributed by atoms with Gasteiger partial charge in [0.1, 0.15) is 6.10 Å². The fourth-order valence-corrected chi connectivity index (χ4v) is 1.42. The molecule has 1 unspecified atom stereocenters. The van der Waals surface area contributed by atoms with Crippen LogP contribution in [0, 0.1) is 0 Å². The molecule has 1 aromatic heterocycles. The summed E-state index contributed by atoms with van der Waals surface area (Å²) in [5, 5.41) is 3.43. The Balaban J connectivity index is 0.000000980. The van der Waals surface area contributed by atoms with Crippen molar-refractivity contribution >= 4 is 24.0 Å². The van der Waals surface area contributed by atoms with Crippen molar-refractivity contribution in [3.63, 3.8) is 0 Å². The summed E-state index contributed by atoms with van der Waals surface area (Å²) in [6.45, 7) is 1.88. The molecule has 1 saturated heterocycles. The Morgan fingerprint density at radius 1 is 1.57 bits per heavy atom. The Morgan fingerprint density at radius 3 is 3.07 bits per heavy atom. The molecule has 78 valence electrons. The van der Waals surface area contributed by atoms with Crippen molar-refractivity contribution in [1.29, 1.82) is 0 Å². The lowest BCUT2D eigenvalue weighted by atomic mass is 10.3. The van der Waals surface area contributed by atoms with Crippen molar-refractivity contribution in [3.05, 3.63) is 17.5 Å². The van der Waals surface area contributed by atoms with Gasteiger partial charge < -0.3 is 10.1 Å². The van der Waals surface area contributed by atoms with E-state index in [1.54, 1.807) is 12.3 Å². The summed E-state index contributed by atoms with van der Waals surface area (Å²) in [7, 11) is 0. The molecule has 2 heterocycles. The van der Waals surface area contributed by atoms with Gasteiger partial charge in [-0.3, -0.25) is 0 Å². The molecule has 1 atom stereocenters. The molecule has 1 aromatic rings. The quantitative estimate of drug-likeness (QED) is 0.786. The lowest BCUT2D eigenvalue weighted by Crippen LogP contribution is -2.20. The van der Waals surface area contributed by atoms with Crippen LogP contribution in [0.5, 0.6) is 5.88 Å². The molecule has 0 bridgehead atoms. The summed E-state index contributed by atoms with van der Waals surface area (Å²) in [4.78, 5) is 7.71. The number of nitrogens with zero attached hydrogens (tertiary/aromatic N) is 2. The van der Waals surface area contributed by atoms with Crippen LogP contribution in [0.1, 0.15) is 6.42 Å². The fraction of sp³-hybridized carbons (Fsp3) is 0.500. The monoisotopic (exact) mass is 235 g/mol. The zero-order chi connectivity index (χ0) is 9.10. The van der Waals surface area contributed by atoms with E-state index in [4.69, 9.17) is 16.3 Å². The van der Waals surface area contributed by atoms with Gasteiger partial charge in [-0.25, -0.2) is 4.98 Å². The van der Waals surface area contributed by atoms with Gasteiger partial charge in [-0.1, -0.05) is 0 Å². The minimum Gasteiger partial charge on any atom is -0.473 e. The van der Waals surface area contributed by atoms with E-state index in [9.17, 15) is 0 Å². The van der Waals surface area contributed by atoms with Crippen molar-refractivity contribution in [2.75, 3.05) is 13.1 Å². The van der Waals surface area contributed by atoms with Gasteiger partial charge in [-0.05, 0) is 24.6 Å². The SMILES string of the molecule is Cl.Clc1nccc(OC2CCNC2)n1. The Morgan fingerprint density at radius 2 is 2.43 bits per heavy atom. The molecule has 0 saturated carbocycles.